The number of imide groups is 1. The van der Waals surface area contributed by atoms with E-state index in [1.54, 1.807) is 20.9 Å². The van der Waals surface area contributed by atoms with Crippen molar-refractivity contribution in [3.8, 4) is 0 Å². The number of aryl methyl sites for hydroxylation is 4. The summed E-state index contributed by atoms with van der Waals surface area (Å²) in [6, 6.07) is 21.0. The first-order valence-corrected chi connectivity index (χ1v) is 32.2. The van der Waals surface area contributed by atoms with Gasteiger partial charge in [0.25, 0.3) is 0 Å². The van der Waals surface area contributed by atoms with Crippen molar-refractivity contribution in [2.24, 2.45) is 18.7 Å². The Morgan fingerprint density at radius 1 is 0.813 bits per heavy atom. The molecule has 0 radical (unpaired) electrons. The maximum atomic E-state index is 14.5. The minimum Gasteiger partial charge on any atom is -0.379 e. The van der Waals surface area contributed by atoms with Crippen molar-refractivity contribution in [3.63, 3.8) is 0 Å². The fourth-order valence-corrected chi connectivity index (χ4v) is 12.2. The van der Waals surface area contributed by atoms with Gasteiger partial charge < -0.3 is 55.2 Å². The average molecular weight is 1280 g/mol. The summed E-state index contributed by atoms with van der Waals surface area (Å²) >= 11 is 0. The lowest BCUT2D eigenvalue weighted by molar-refractivity contribution is -0.136. The highest BCUT2D eigenvalue weighted by Gasteiger charge is 2.50. The smallest absolute Gasteiger partial charge is 0.379 e. The van der Waals surface area contributed by atoms with Gasteiger partial charge in [0, 0.05) is 44.7 Å². The number of ketones is 1. The van der Waals surface area contributed by atoms with Gasteiger partial charge in [0.1, 0.15) is 12.6 Å². The number of nitrogens with one attached hydrogen (secondary N) is 4. The van der Waals surface area contributed by atoms with Crippen LogP contribution in [0.2, 0.25) is 0 Å². The molecule has 23 nitrogen and oxygen atoms in total. The number of hydrogen-bond donors (Lipinski definition) is 7. The summed E-state index contributed by atoms with van der Waals surface area (Å²) < 4.78 is 71.5. The maximum absolute atomic E-state index is 14.5. The van der Waals surface area contributed by atoms with Gasteiger partial charge in [-0.15, -0.1) is 0 Å². The number of amides is 6. The number of nitrogens with zero attached hydrogens (tertiary/aromatic N) is 2. The fraction of sp³-hybridized carbons (Fsp3) is 0.477. The van der Waals surface area contributed by atoms with E-state index in [1.807, 2.05) is 60.7 Å². The molecule has 490 valence electrons. The van der Waals surface area contributed by atoms with E-state index in [0.29, 0.717) is 87.6 Å². The Labute approximate surface area is 525 Å². The Hall–Kier alpha value is -7.61. The van der Waals surface area contributed by atoms with Gasteiger partial charge in [0.15, 0.2) is 5.78 Å². The number of Topliss-reactive ketones (excluding diaryl/α,β-unsaturated/α-hetero) is 1. The van der Waals surface area contributed by atoms with Gasteiger partial charge in [-0.2, -0.15) is 8.78 Å². The largest absolute Gasteiger partial charge is 0.399 e. The van der Waals surface area contributed by atoms with Gasteiger partial charge in [-0.25, -0.2) is 4.79 Å². The van der Waals surface area contributed by atoms with Crippen molar-refractivity contribution in [2.45, 2.75) is 127 Å². The zero-order valence-electron chi connectivity index (χ0n) is 51.3. The number of halogens is 2. The van der Waals surface area contributed by atoms with Crippen LogP contribution in [-0.4, -0.2) is 138 Å². The first-order valence-electron chi connectivity index (χ1n) is 30.6. The quantitative estimate of drug-likeness (QED) is 0.0123. The van der Waals surface area contributed by atoms with Crippen molar-refractivity contribution >= 4 is 65.4 Å². The monoisotopic (exact) mass is 1280 g/mol. The van der Waals surface area contributed by atoms with Crippen LogP contribution in [0.15, 0.2) is 95.8 Å². The summed E-state index contributed by atoms with van der Waals surface area (Å²) in [6.45, 7) is 6.47. The molecule has 2 heterocycles. The first-order chi connectivity index (χ1) is 43.5. The van der Waals surface area contributed by atoms with Crippen LogP contribution >= 0.6 is 7.60 Å². The maximum Gasteiger partial charge on any atom is 0.399 e. The average Bonchev–Trinajstić information content (AvgIpc) is 1.64. The number of rotatable bonds is 34. The standard InChI is InChI=1S/C65H80F2N7O16P/c1-40(45-16-19-48(20-17-45)65(66,67)91(83,84)85)35-57(77)70-51-21-18-46-9-4-10-47-37-49(60(59(46)47)61(51)79)62(80)71-50(22-25-55(68)75)41(2)90-38-44-13-11-42(12-14-44)7-5-27-69-58(78)39-89-34-33-88-32-31-87-30-29-86-28-6-8-43-15-23-52-54(36-43)73(3)64(82)74(52)53-24-26-56(76)72-63(53)81/h4,9-17,19-20,23,35-36,41,49-51,53,60H,5-8,18,21-22,24-34,37-39H2,1-3H3,(H2,68,75)(H,69,78)(H,70,77)(H,71,80)(H,72,76,81)(H2,83,84,85)/b40-35+/t41-,49-,50+,51+,53?,60?/m1/s1. The summed E-state index contributed by atoms with van der Waals surface area (Å²) in [5.74, 6) is -4.74. The Kier molecular flexibility index (Phi) is 24.4. The number of carbonyl (C=O) groups is 7. The molecule has 1 aromatic heterocycles. The molecule has 1 saturated heterocycles. The Morgan fingerprint density at radius 3 is 2.14 bits per heavy atom. The molecule has 91 heavy (non-hydrogen) atoms. The van der Waals surface area contributed by atoms with E-state index in [2.05, 4.69) is 21.3 Å². The predicted octanol–water partition coefficient (Wildman–Crippen LogP) is 5.01. The SMILES string of the molecule is C/C(=C\C(=O)N[C@H]1CCc2cccc3c2C(C1=O)[C@H](C(=O)N[C@@H](CCC(N)=O)[C@@H](C)OCc1ccc(CCCNC(=O)COCCOCCOCCOCCCc2ccc4c(c2)n(C)c(=O)n4C2CCC(=O)NC2=O)cc1)C3)c1ccc(C(F)(F)P(=O)(O)O)cc1. The lowest BCUT2D eigenvalue weighted by Crippen LogP contribution is -2.49. The minimum absolute atomic E-state index is 0.0388. The van der Waals surface area contributed by atoms with Crippen LogP contribution < -0.4 is 32.7 Å². The van der Waals surface area contributed by atoms with E-state index in [1.165, 1.54) is 27.3 Å². The molecule has 1 fully saturated rings. The molecule has 4 aromatic carbocycles. The van der Waals surface area contributed by atoms with Crippen molar-refractivity contribution < 1.29 is 80.4 Å². The summed E-state index contributed by atoms with van der Waals surface area (Å²) in [4.78, 5) is 122. The van der Waals surface area contributed by atoms with Gasteiger partial charge in [-0.3, -0.25) is 52.6 Å². The van der Waals surface area contributed by atoms with Crippen molar-refractivity contribution in [2.75, 3.05) is 59.4 Å². The van der Waals surface area contributed by atoms with Crippen LogP contribution in [0.25, 0.3) is 16.6 Å². The summed E-state index contributed by atoms with van der Waals surface area (Å²) in [5, 5.41) is 11.1. The van der Waals surface area contributed by atoms with Crippen LogP contribution in [0.4, 0.5) is 8.78 Å². The highest BCUT2D eigenvalue weighted by Crippen LogP contribution is 2.59. The van der Waals surface area contributed by atoms with Crippen LogP contribution in [0, 0.1) is 5.92 Å². The molecule has 6 atom stereocenters. The van der Waals surface area contributed by atoms with Crippen LogP contribution in [0.5, 0.6) is 0 Å². The number of carbonyl (C=O) groups excluding carboxylic acids is 7. The van der Waals surface area contributed by atoms with Crippen molar-refractivity contribution in [1.82, 2.24) is 30.4 Å². The topological polar surface area (TPSA) is 324 Å². The third-order valence-electron chi connectivity index (χ3n) is 16.7. The van der Waals surface area contributed by atoms with E-state index in [4.69, 9.17) is 39.2 Å². The highest BCUT2D eigenvalue weighted by molar-refractivity contribution is 7.52. The second-order valence-electron chi connectivity index (χ2n) is 23.2. The number of imidazole rings is 1. The lowest BCUT2D eigenvalue weighted by atomic mass is 9.84. The molecule has 5 aromatic rings. The molecule has 26 heteroatoms. The van der Waals surface area contributed by atoms with Gasteiger partial charge in [-0.05, 0) is 128 Å². The molecule has 6 amide bonds. The van der Waals surface area contributed by atoms with Crippen LogP contribution in [0.1, 0.15) is 115 Å². The summed E-state index contributed by atoms with van der Waals surface area (Å²) in [6.07, 6.45) is 5.03. The number of aromatic nitrogens is 2. The number of hydrogen-bond acceptors (Lipinski definition) is 14. The Morgan fingerprint density at radius 2 is 1.46 bits per heavy atom. The minimum atomic E-state index is -5.78. The van der Waals surface area contributed by atoms with E-state index in [9.17, 15) is 51.7 Å². The molecule has 3 aliphatic rings. The molecule has 0 bridgehead atoms. The van der Waals surface area contributed by atoms with E-state index in [-0.39, 0.29) is 81.6 Å². The number of primary amides is 1. The van der Waals surface area contributed by atoms with Crippen LogP contribution in [0.3, 0.4) is 0 Å². The van der Waals surface area contributed by atoms with Gasteiger partial charge in [-0.1, -0.05) is 72.8 Å². The normalized spacial score (nSPS) is 18.3. The van der Waals surface area contributed by atoms with E-state index < -0.39 is 78.5 Å². The number of ether oxygens (including phenoxy) is 5. The second kappa shape index (κ2) is 32.1. The molecule has 2 unspecified atom stereocenters. The zero-order valence-corrected chi connectivity index (χ0v) is 52.2. The molecule has 2 aliphatic carbocycles. The summed E-state index contributed by atoms with van der Waals surface area (Å²) in [7, 11) is -4.11. The van der Waals surface area contributed by atoms with Crippen LogP contribution in [-0.2, 0) is 107 Å². The van der Waals surface area contributed by atoms with E-state index in [0.717, 1.165) is 58.4 Å². The first kappa shape index (κ1) is 69.3. The molecule has 1 aliphatic heterocycles. The Balaban J connectivity index is 0.683. The molecular weight excluding hydrogens is 1200 g/mol. The number of fused-ring (bicyclic) bond motifs is 1. The molecular formula is C65H80F2N7O16P. The third-order valence-corrected chi connectivity index (χ3v) is 17.7. The van der Waals surface area contributed by atoms with Gasteiger partial charge in [0.05, 0.1) is 87.3 Å². The number of piperidine rings is 1. The predicted molar refractivity (Wildman–Crippen MR) is 330 cm³/mol. The molecule has 8 rings (SSSR count). The molecule has 8 N–H and O–H groups in total. The van der Waals surface area contributed by atoms with Gasteiger partial charge in [0.2, 0.25) is 35.4 Å². The zero-order chi connectivity index (χ0) is 65.4. The van der Waals surface area contributed by atoms with Crippen molar-refractivity contribution in [3.05, 3.63) is 146 Å². The van der Waals surface area contributed by atoms with E-state index >= 15 is 0 Å². The Bertz CT molecular complexity index is 3570. The second-order valence-corrected chi connectivity index (χ2v) is 24.8. The highest BCUT2D eigenvalue weighted by atomic mass is 31.2. The fourth-order valence-electron chi connectivity index (χ4n) is 11.7. The number of benzene rings is 4. The number of alkyl halides is 2. The third kappa shape index (κ3) is 18.3. The summed E-state index contributed by atoms with van der Waals surface area (Å²) in [5.41, 5.74) is 7.44. The molecule has 0 saturated carbocycles. The number of nitrogens with two attached hydrogens (primary N) is 1. The van der Waals surface area contributed by atoms with Gasteiger partial charge >= 0.3 is 18.9 Å². The van der Waals surface area contributed by atoms with Crippen molar-refractivity contribution in [1.29, 1.82) is 0 Å². The molecule has 0 spiro atoms. The number of allylic oxidation sites excluding steroid dienone is 1. The lowest BCUT2D eigenvalue weighted by Gasteiger charge is -2.28.